The zero-order chi connectivity index (χ0) is 48.2. The van der Waals surface area contributed by atoms with E-state index >= 15 is 0 Å². The Kier molecular flexibility index (Phi) is 5.55. The van der Waals surface area contributed by atoms with Gasteiger partial charge in [-0.2, -0.15) is 0 Å². The van der Waals surface area contributed by atoms with E-state index in [1.165, 1.54) is 18.2 Å². The molecule has 0 aliphatic carbocycles. The van der Waals surface area contributed by atoms with Crippen molar-refractivity contribution >= 4 is 28.8 Å². The minimum Gasteiger partial charge on any atom is -0.457 e. The van der Waals surface area contributed by atoms with Crippen molar-refractivity contribution in [1.29, 1.82) is 0 Å². The highest BCUT2D eigenvalue weighted by atomic mass is 28.3. The van der Waals surface area contributed by atoms with Gasteiger partial charge in [-0.05, 0) is 49.4 Å². The first kappa shape index (κ1) is 24.0. The maximum Gasteiger partial charge on any atom is 0.184 e. The molecule has 0 aromatic heterocycles. The first-order valence-corrected chi connectivity index (χ1v) is 20.5. The molecule has 55 heavy (non-hydrogen) atoms. The molecule has 7 aromatic rings. The van der Waals surface area contributed by atoms with Gasteiger partial charge in [0, 0.05) is 55.1 Å². The van der Waals surface area contributed by atoms with E-state index in [-0.39, 0.29) is 45.3 Å². The normalized spacial score (nSPS) is 19.2. The molecule has 0 saturated carbocycles. The Morgan fingerprint density at radius 2 is 0.945 bits per heavy atom. The predicted molar refractivity (Wildman–Crippen MR) is 231 cm³/mol. The summed E-state index contributed by atoms with van der Waals surface area (Å²) >= 11 is 0. The van der Waals surface area contributed by atoms with Crippen molar-refractivity contribution in [3.05, 3.63) is 192 Å². The van der Waals surface area contributed by atoms with E-state index in [1.54, 1.807) is 54.6 Å². The van der Waals surface area contributed by atoms with Crippen molar-refractivity contribution in [2.75, 3.05) is 0 Å². The summed E-state index contributed by atoms with van der Waals surface area (Å²) in [6.07, 6.45) is 0. The molecule has 0 bridgehead atoms. The van der Waals surface area contributed by atoms with Crippen LogP contribution in [0.5, 0.6) is 23.0 Å². The molecule has 272 valence electrons. The van der Waals surface area contributed by atoms with Crippen molar-refractivity contribution in [2.45, 2.75) is 64.4 Å². The fourth-order valence-corrected chi connectivity index (χ4v) is 13.5. The maximum absolute atomic E-state index is 9.09. The van der Waals surface area contributed by atoms with Crippen LogP contribution in [0.25, 0.3) is 11.1 Å². The average Bonchev–Trinajstić information content (AvgIpc) is 3.26. The number of ether oxygens (including phenoxy) is 2. The Bertz CT molecular complexity index is 2950. The summed E-state index contributed by atoms with van der Waals surface area (Å²) in [5.41, 5.74) is -3.36. The average molecular weight is 745 g/mol. The van der Waals surface area contributed by atoms with E-state index in [4.69, 9.17) is 25.9 Å². The van der Waals surface area contributed by atoms with Gasteiger partial charge in [0.2, 0.25) is 0 Å². The third-order valence-electron chi connectivity index (χ3n) is 11.2. The van der Waals surface area contributed by atoms with Crippen LogP contribution in [-0.2, 0) is 16.2 Å². The minimum absolute atomic E-state index is 0.0125. The lowest BCUT2D eigenvalue weighted by Gasteiger charge is -2.41. The van der Waals surface area contributed by atoms with Crippen LogP contribution in [-0.4, -0.2) is 8.07 Å². The van der Waals surface area contributed by atoms with E-state index in [1.807, 2.05) is 78.9 Å². The maximum atomic E-state index is 9.09. The second-order valence-corrected chi connectivity index (χ2v) is 19.3. The van der Waals surface area contributed by atoms with E-state index in [9.17, 15) is 0 Å². The highest BCUT2D eigenvalue weighted by Crippen LogP contribution is 2.52. The summed E-state index contributed by atoms with van der Waals surface area (Å²) in [6.45, 7) is -6.05. The van der Waals surface area contributed by atoms with Crippen LogP contribution in [0.4, 0.5) is 0 Å². The van der Waals surface area contributed by atoms with Crippen molar-refractivity contribution in [1.82, 2.24) is 0 Å². The number of benzene rings is 7. The first-order chi connectivity index (χ1) is 31.4. The van der Waals surface area contributed by atoms with E-state index in [0.717, 1.165) is 21.1 Å². The summed E-state index contributed by atoms with van der Waals surface area (Å²) in [6, 6.07) is 48.9. The highest BCUT2D eigenvalue weighted by Gasteiger charge is 2.47. The molecule has 3 heteroatoms. The molecule has 0 spiro atoms. The lowest BCUT2D eigenvalue weighted by atomic mass is 9.74. The molecule has 0 amide bonds. The third kappa shape index (κ3) is 5.35. The summed E-state index contributed by atoms with van der Waals surface area (Å²) in [7, 11) is -3.82. The number of hydrogen-bond acceptors (Lipinski definition) is 2. The van der Waals surface area contributed by atoms with Crippen LogP contribution in [0.2, 0.25) is 0 Å². The van der Waals surface area contributed by atoms with Crippen molar-refractivity contribution < 1.29 is 25.9 Å². The van der Waals surface area contributed by atoms with Gasteiger partial charge in [-0.1, -0.05) is 200 Å². The molecule has 0 radical (unpaired) electrons. The van der Waals surface area contributed by atoms with Crippen LogP contribution >= 0.6 is 0 Å². The molecule has 2 aliphatic heterocycles. The van der Waals surface area contributed by atoms with Gasteiger partial charge in [0.05, 0.1) is 0 Å². The first-order valence-electron chi connectivity index (χ1n) is 24.5. The van der Waals surface area contributed by atoms with Gasteiger partial charge in [-0.15, -0.1) is 0 Å². The van der Waals surface area contributed by atoms with Crippen molar-refractivity contribution in [2.24, 2.45) is 0 Å². The number of rotatable bonds is 5. The Morgan fingerprint density at radius 3 is 1.51 bits per heavy atom. The SMILES string of the molecule is [2H]C([2H])([2H])C1(C([2H])([2H])[2H])c2ccccc2Oc2c(-c3cc([Si](c4ccccc4)(c4ccccc4)c4cccc5c4Oc4ccccc4C5(C([2H])([2H])[2H])C([2H])([2H])[2H])ccc3C(C)(C)C)cccc21. The molecule has 0 unspecified atom stereocenters. The summed E-state index contributed by atoms with van der Waals surface area (Å²) in [5.74, 6) is 0.509. The van der Waals surface area contributed by atoms with Gasteiger partial charge in [-0.25, -0.2) is 0 Å². The second kappa shape index (κ2) is 12.7. The van der Waals surface area contributed by atoms with Gasteiger partial charge in [0.1, 0.15) is 23.0 Å². The molecule has 2 heterocycles. The number of fused-ring (bicyclic) bond motifs is 4. The van der Waals surface area contributed by atoms with Crippen LogP contribution in [0.1, 0.15) is 92.4 Å². The van der Waals surface area contributed by atoms with E-state index < -0.39 is 51.7 Å². The van der Waals surface area contributed by atoms with Crippen LogP contribution in [0.3, 0.4) is 0 Å². The number of hydrogen-bond donors (Lipinski definition) is 0. The lowest BCUT2D eigenvalue weighted by molar-refractivity contribution is 0.419. The van der Waals surface area contributed by atoms with Gasteiger partial charge < -0.3 is 9.47 Å². The van der Waals surface area contributed by atoms with E-state index in [0.29, 0.717) is 16.3 Å². The zero-order valence-electron chi connectivity index (χ0n) is 42.9. The minimum atomic E-state index is -3.82. The topological polar surface area (TPSA) is 18.5 Å². The molecule has 2 aliphatic rings. The highest BCUT2D eigenvalue weighted by molar-refractivity contribution is 7.20. The van der Waals surface area contributed by atoms with Crippen LogP contribution in [0, 0.1) is 0 Å². The lowest BCUT2D eigenvalue weighted by Crippen LogP contribution is -2.75. The quantitative estimate of drug-likeness (QED) is 0.129. The summed E-state index contributed by atoms with van der Waals surface area (Å²) in [5, 5.41) is 3.16. The molecule has 0 N–H and O–H groups in total. The van der Waals surface area contributed by atoms with Crippen molar-refractivity contribution in [3.63, 3.8) is 0 Å². The Labute approximate surface area is 344 Å². The fraction of sp³-hybridized carbons (Fsp3) is 0.192. The molecule has 2 nitrogen and oxygen atoms in total. The zero-order valence-corrected chi connectivity index (χ0v) is 31.9. The van der Waals surface area contributed by atoms with Gasteiger partial charge in [0.25, 0.3) is 0 Å². The fourth-order valence-electron chi connectivity index (χ4n) is 8.63. The van der Waals surface area contributed by atoms with Gasteiger partial charge >= 0.3 is 0 Å². The Balaban J connectivity index is 1.44. The molecular weight excluding hydrogens is 685 g/mol. The third-order valence-corrected chi connectivity index (χ3v) is 16.0. The molecule has 0 saturated heterocycles. The monoisotopic (exact) mass is 744 g/mol. The largest absolute Gasteiger partial charge is 0.457 e. The van der Waals surface area contributed by atoms with Crippen LogP contribution in [0.15, 0.2) is 164 Å². The Hall–Kier alpha value is -5.64. The molecule has 9 rings (SSSR count). The molecule has 0 atom stereocenters. The number of para-hydroxylation sites is 4. The summed E-state index contributed by atoms with van der Waals surface area (Å²) < 4.78 is 122. The second-order valence-electron chi connectivity index (χ2n) is 15.6. The van der Waals surface area contributed by atoms with Crippen molar-refractivity contribution in [3.8, 4) is 34.1 Å². The van der Waals surface area contributed by atoms with Crippen LogP contribution < -0.4 is 30.2 Å². The molecular formula is C52H48O2Si. The van der Waals surface area contributed by atoms with E-state index in [2.05, 4.69) is 32.9 Å². The van der Waals surface area contributed by atoms with Gasteiger partial charge in [0.15, 0.2) is 8.07 Å². The molecule has 7 aromatic carbocycles. The standard InChI is InChI=1S/C52H48O2Si/c1-50(2,3)40-33-32-37(34-39(40)38-24-18-27-43-48(38)53-45-29-16-14-25-41(45)51(43,4)5)55(35-20-10-8-11-21-35,36-22-12-9-13-23-36)47-31-19-28-44-49(47)54-46-30-17-15-26-42(46)52(44,6)7/h8-34H,1-7H3/i4D3,5D3,6D3,7D3. The predicted octanol–water partition coefficient (Wildman–Crippen LogP) is 10.9. The summed E-state index contributed by atoms with van der Waals surface area (Å²) in [4.78, 5) is 0. The molecule has 0 fully saturated rings. The smallest absolute Gasteiger partial charge is 0.184 e. The Morgan fingerprint density at radius 1 is 0.455 bits per heavy atom. The van der Waals surface area contributed by atoms with Gasteiger partial charge in [-0.3, -0.25) is 0 Å².